The van der Waals surface area contributed by atoms with Gasteiger partial charge in [0.05, 0.1) is 18.6 Å². The molecule has 3 N–H and O–H groups in total. The number of esters is 1. The molecule has 0 unspecified atom stereocenters. The van der Waals surface area contributed by atoms with Crippen LogP contribution in [0.15, 0.2) is 103 Å². The Morgan fingerprint density at radius 1 is 0.632 bits per heavy atom. The second-order valence-corrected chi connectivity index (χ2v) is 15.1. The van der Waals surface area contributed by atoms with E-state index < -0.39 is 0 Å². The van der Waals surface area contributed by atoms with Crippen molar-refractivity contribution in [1.29, 1.82) is 0 Å². The second-order valence-electron chi connectivity index (χ2n) is 15.1. The van der Waals surface area contributed by atoms with Crippen molar-refractivity contribution >= 4 is 23.0 Å². The van der Waals surface area contributed by atoms with Gasteiger partial charge in [0.15, 0.2) is 0 Å². The number of aromatic hydroxyl groups is 1. The maximum absolute atomic E-state index is 11.5. The summed E-state index contributed by atoms with van der Waals surface area (Å²) in [5.74, 6) is 0.0881. The largest absolute Gasteiger partial charge is 0.508 e. The number of phenolic OH excluding ortho intramolecular Hbond substituents is 1. The van der Waals surface area contributed by atoms with Gasteiger partial charge in [-0.25, -0.2) is 0 Å². The molecular formula is C50H83N3O4. The summed E-state index contributed by atoms with van der Waals surface area (Å²) >= 11 is 0. The van der Waals surface area contributed by atoms with Gasteiger partial charge in [-0.2, -0.15) is 0 Å². The first kappa shape index (κ1) is 57.0. The molecule has 0 aliphatic rings. The van der Waals surface area contributed by atoms with E-state index >= 15 is 0 Å². The van der Waals surface area contributed by atoms with Crippen LogP contribution in [0.1, 0.15) is 134 Å². The minimum absolute atomic E-state index is 0.0376. The molecule has 57 heavy (non-hydrogen) atoms. The third kappa shape index (κ3) is 30.5. The molecule has 0 radical (unpaired) electrons. The van der Waals surface area contributed by atoms with Gasteiger partial charge in [-0.1, -0.05) is 116 Å². The highest BCUT2D eigenvalue weighted by Gasteiger charge is 2.17. The van der Waals surface area contributed by atoms with E-state index in [4.69, 9.17) is 14.6 Å². The summed E-state index contributed by atoms with van der Waals surface area (Å²) in [6.45, 7) is 37.7. The Bertz CT molecular complexity index is 1500. The molecule has 0 aliphatic heterocycles. The quantitative estimate of drug-likeness (QED) is 0.115. The number of hydrogen-bond acceptors (Lipinski definition) is 7. The number of rotatable bonds is 9. The zero-order valence-electron chi connectivity index (χ0n) is 39.6. The first-order valence-electron chi connectivity index (χ1n) is 20.8. The lowest BCUT2D eigenvalue weighted by Crippen LogP contribution is -2.38. The van der Waals surface area contributed by atoms with Gasteiger partial charge in [0, 0.05) is 35.2 Å². The third-order valence-corrected chi connectivity index (χ3v) is 7.24. The SMILES string of the molecule is CC.CC.CC.CC.CC(C)(C)OCc1ccc(O)cc1.CN(c1ccc(Nc2ccccc2)cc1)C(C)(C)C.Cc1ccc(CC(=O)OCNC(C)(C)C)cc1. The normalized spacial score (nSPS) is 10.2. The second kappa shape index (κ2) is 31.7. The highest BCUT2D eigenvalue weighted by molar-refractivity contribution is 5.72. The molecule has 0 amide bonds. The first-order valence-corrected chi connectivity index (χ1v) is 20.8. The number of para-hydroxylation sites is 1. The van der Waals surface area contributed by atoms with Crippen molar-refractivity contribution < 1.29 is 19.4 Å². The highest BCUT2D eigenvalue weighted by Crippen LogP contribution is 2.25. The summed E-state index contributed by atoms with van der Waals surface area (Å²) in [6.07, 6.45) is 0.325. The summed E-state index contributed by atoms with van der Waals surface area (Å²) in [5, 5.41) is 15.5. The predicted octanol–water partition coefficient (Wildman–Crippen LogP) is 13.9. The minimum Gasteiger partial charge on any atom is -0.508 e. The van der Waals surface area contributed by atoms with E-state index in [-0.39, 0.29) is 29.4 Å². The number of nitrogens with one attached hydrogen (secondary N) is 2. The molecule has 4 aromatic carbocycles. The van der Waals surface area contributed by atoms with Gasteiger partial charge in [0.1, 0.15) is 12.5 Å². The van der Waals surface area contributed by atoms with Gasteiger partial charge >= 0.3 is 5.97 Å². The lowest BCUT2D eigenvalue weighted by atomic mass is 10.1. The molecular weight excluding hydrogens is 707 g/mol. The molecule has 4 aromatic rings. The van der Waals surface area contributed by atoms with Crippen molar-refractivity contribution in [1.82, 2.24) is 5.32 Å². The van der Waals surface area contributed by atoms with Crippen LogP contribution in [0.4, 0.5) is 17.1 Å². The van der Waals surface area contributed by atoms with E-state index in [9.17, 15) is 4.79 Å². The highest BCUT2D eigenvalue weighted by atomic mass is 16.5. The van der Waals surface area contributed by atoms with E-state index in [1.807, 2.05) is 158 Å². The third-order valence-electron chi connectivity index (χ3n) is 7.24. The van der Waals surface area contributed by atoms with Crippen LogP contribution in [0.25, 0.3) is 0 Å². The maximum Gasteiger partial charge on any atom is 0.311 e. The van der Waals surface area contributed by atoms with Crippen molar-refractivity contribution in [2.24, 2.45) is 0 Å². The molecule has 0 aromatic heterocycles. The molecule has 0 bridgehead atoms. The fraction of sp³-hybridized carbons (Fsp3) is 0.500. The number of carbonyl (C=O) groups excluding carboxylic acids is 1. The summed E-state index contributed by atoms with van der Waals surface area (Å²) in [6, 6.07) is 33.7. The van der Waals surface area contributed by atoms with Crippen molar-refractivity contribution in [3.63, 3.8) is 0 Å². The summed E-state index contributed by atoms with van der Waals surface area (Å²) in [7, 11) is 2.12. The number of benzene rings is 4. The molecule has 0 fully saturated rings. The molecule has 7 nitrogen and oxygen atoms in total. The number of phenols is 1. The van der Waals surface area contributed by atoms with Crippen LogP contribution < -0.4 is 15.5 Å². The van der Waals surface area contributed by atoms with Gasteiger partial charge < -0.3 is 24.8 Å². The van der Waals surface area contributed by atoms with E-state index in [1.54, 1.807) is 12.1 Å². The molecule has 0 saturated carbocycles. The van der Waals surface area contributed by atoms with Crippen molar-refractivity contribution in [2.45, 2.75) is 154 Å². The fourth-order valence-electron chi connectivity index (χ4n) is 3.99. The summed E-state index contributed by atoms with van der Waals surface area (Å²) in [5.41, 5.74) is 6.68. The fourth-order valence-corrected chi connectivity index (χ4v) is 3.99. The molecule has 322 valence electrons. The maximum atomic E-state index is 11.5. The van der Waals surface area contributed by atoms with Crippen LogP contribution in [0.2, 0.25) is 0 Å². The van der Waals surface area contributed by atoms with Crippen LogP contribution in [0, 0.1) is 6.92 Å². The van der Waals surface area contributed by atoms with Crippen LogP contribution in [0.5, 0.6) is 5.75 Å². The van der Waals surface area contributed by atoms with E-state index in [1.165, 1.54) is 11.3 Å². The molecule has 7 heteroatoms. The minimum atomic E-state index is -0.203. The number of ether oxygens (including phenoxy) is 2. The van der Waals surface area contributed by atoms with E-state index in [0.29, 0.717) is 18.8 Å². The zero-order chi connectivity index (χ0) is 44.7. The summed E-state index contributed by atoms with van der Waals surface area (Å²) < 4.78 is 10.7. The topological polar surface area (TPSA) is 83.1 Å². The molecule has 0 spiro atoms. The van der Waals surface area contributed by atoms with E-state index in [0.717, 1.165) is 22.5 Å². The zero-order valence-corrected chi connectivity index (χ0v) is 39.6. The van der Waals surface area contributed by atoms with E-state index in [2.05, 4.69) is 79.8 Å². The average Bonchev–Trinajstić information content (AvgIpc) is 3.18. The Balaban J connectivity index is -0.000000713. The number of nitrogens with zero attached hydrogens (tertiary/aromatic N) is 1. The number of carbonyl (C=O) groups is 1. The Labute approximate surface area is 350 Å². The number of anilines is 3. The smallest absolute Gasteiger partial charge is 0.311 e. The van der Waals surface area contributed by atoms with Gasteiger partial charge in [0.2, 0.25) is 0 Å². The lowest BCUT2D eigenvalue weighted by Gasteiger charge is -2.34. The molecule has 0 aliphatic carbocycles. The Hall–Kier alpha value is -4.33. The molecule has 0 heterocycles. The van der Waals surface area contributed by atoms with Crippen molar-refractivity contribution in [3.05, 3.63) is 120 Å². The predicted molar refractivity (Wildman–Crippen MR) is 251 cm³/mol. The lowest BCUT2D eigenvalue weighted by molar-refractivity contribution is -0.144. The van der Waals surface area contributed by atoms with Gasteiger partial charge in [-0.05, 0) is 129 Å². The average molecular weight is 790 g/mol. The number of aryl methyl sites for hydroxylation is 1. The Kier molecular flexibility index (Phi) is 31.7. The van der Waals surface area contributed by atoms with Crippen molar-refractivity contribution in [3.8, 4) is 5.75 Å². The van der Waals surface area contributed by atoms with Crippen LogP contribution in [-0.2, 0) is 27.3 Å². The van der Waals surface area contributed by atoms with Crippen molar-refractivity contribution in [2.75, 3.05) is 24.0 Å². The monoisotopic (exact) mass is 790 g/mol. The van der Waals surface area contributed by atoms with Crippen LogP contribution in [-0.4, -0.2) is 41.5 Å². The number of hydrogen-bond donors (Lipinski definition) is 3. The molecule has 0 atom stereocenters. The van der Waals surface area contributed by atoms with Crippen LogP contribution >= 0.6 is 0 Å². The summed E-state index contributed by atoms with van der Waals surface area (Å²) in [4.78, 5) is 13.8. The first-order chi connectivity index (χ1) is 26.8. The molecule has 0 saturated heterocycles. The van der Waals surface area contributed by atoms with Gasteiger partial charge in [-0.15, -0.1) is 0 Å². The Morgan fingerprint density at radius 3 is 1.53 bits per heavy atom. The Morgan fingerprint density at radius 2 is 1.09 bits per heavy atom. The van der Waals surface area contributed by atoms with Gasteiger partial charge in [0.25, 0.3) is 0 Å². The molecule has 4 rings (SSSR count). The van der Waals surface area contributed by atoms with Crippen LogP contribution in [0.3, 0.4) is 0 Å². The van der Waals surface area contributed by atoms with Gasteiger partial charge in [-0.3, -0.25) is 10.1 Å². The standard InChI is InChI=1S/C17H22N2.C14H21NO2.C11H16O2.4C2H6/c1-17(2,3)19(4)16-12-10-15(11-13-16)18-14-8-6-5-7-9-14;1-11-5-7-12(8-6-11)9-13(16)17-10-15-14(2,3)4;1-11(2,3)13-8-9-4-6-10(12)7-5-9;4*1-2/h5-13,18H,1-4H3;5-8,15H,9-10H2,1-4H3;4-7,12H,8H2,1-3H3;4*1-2H3.